The highest BCUT2D eigenvalue weighted by Crippen LogP contribution is 2.42. The quantitative estimate of drug-likeness (QED) is 0.535. The predicted octanol–water partition coefficient (Wildman–Crippen LogP) is 5.17. The molecule has 1 atom stereocenters. The van der Waals surface area contributed by atoms with Gasteiger partial charge in [-0.3, -0.25) is 4.79 Å². The minimum absolute atomic E-state index is 0.0616. The van der Waals surface area contributed by atoms with E-state index in [2.05, 4.69) is 45.8 Å². The van der Waals surface area contributed by atoms with Crippen molar-refractivity contribution >= 4 is 45.3 Å². The fraction of sp³-hybridized carbons (Fsp3) is 0.333. The molecular formula is C21H20N4OS3. The first-order valence-electron chi connectivity index (χ1n) is 9.46. The molecule has 0 saturated carbocycles. The summed E-state index contributed by atoms with van der Waals surface area (Å²) < 4.78 is 0.881. The van der Waals surface area contributed by atoms with Crippen molar-refractivity contribution in [3.05, 3.63) is 56.9 Å². The summed E-state index contributed by atoms with van der Waals surface area (Å²) in [4.78, 5) is 13.6. The normalized spacial score (nSPS) is 15.5. The summed E-state index contributed by atoms with van der Waals surface area (Å²) in [6, 6.07) is 12.9. The summed E-state index contributed by atoms with van der Waals surface area (Å²) in [5, 5.41) is 22.3. The van der Waals surface area contributed by atoms with E-state index in [0.717, 1.165) is 34.2 Å². The Kier molecular flexibility index (Phi) is 6.28. The van der Waals surface area contributed by atoms with Crippen molar-refractivity contribution in [2.75, 3.05) is 11.1 Å². The SMILES string of the molecule is Cc1nnc(SCCC(=O)Nc2sc3c(c2C#N)CCC(c2ccccc2)C3)s1. The number of rotatable bonds is 6. The average molecular weight is 441 g/mol. The van der Waals surface area contributed by atoms with Gasteiger partial charge in [-0.25, -0.2) is 0 Å². The van der Waals surface area contributed by atoms with Crippen LogP contribution >= 0.6 is 34.4 Å². The molecule has 5 nitrogen and oxygen atoms in total. The van der Waals surface area contributed by atoms with Gasteiger partial charge in [0.15, 0.2) is 4.34 Å². The summed E-state index contributed by atoms with van der Waals surface area (Å²) in [5.41, 5.74) is 3.12. The Balaban J connectivity index is 1.40. The molecule has 4 rings (SSSR count). The van der Waals surface area contributed by atoms with E-state index < -0.39 is 0 Å². The zero-order valence-corrected chi connectivity index (χ0v) is 18.4. The number of nitriles is 1. The van der Waals surface area contributed by atoms with E-state index >= 15 is 0 Å². The standard InChI is InChI=1S/C21H20N4OS3/c1-13-24-25-21(28-13)27-10-9-19(26)23-20-17(12-22)16-8-7-15(11-18(16)29-20)14-5-3-2-4-6-14/h2-6,15H,7-11H2,1H3,(H,23,26). The van der Waals surface area contributed by atoms with Crippen LogP contribution in [0.5, 0.6) is 0 Å². The Hall–Kier alpha value is -2.21. The van der Waals surface area contributed by atoms with Crippen LogP contribution < -0.4 is 5.32 Å². The number of fused-ring (bicyclic) bond motifs is 1. The fourth-order valence-corrected chi connectivity index (χ4v) is 6.68. The summed E-state index contributed by atoms with van der Waals surface area (Å²) >= 11 is 4.64. The van der Waals surface area contributed by atoms with Gasteiger partial charge in [0.2, 0.25) is 5.91 Å². The second kappa shape index (κ2) is 9.08. The van der Waals surface area contributed by atoms with Crippen LogP contribution in [0, 0.1) is 18.3 Å². The molecular weight excluding hydrogens is 420 g/mol. The highest BCUT2D eigenvalue weighted by molar-refractivity contribution is 8.01. The fourth-order valence-electron chi connectivity index (χ4n) is 3.56. The lowest BCUT2D eigenvalue weighted by molar-refractivity contribution is -0.115. The number of aromatic nitrogens is 2. The zero-order valence-electron chi connectivity index (χ0n) is 16.0. The van der Waals surface area contributed by atoms with Crippen LogP contribution in [0.3, 0.4) is 0 Å². The van der Waals surface area contributed by atoms with Crippen molar-refractivity contribution < 1.29 is 4.79 Å². The van der Waals surface area contributed by atoms with Gasteiger partial charge in [-0.15, -0.1) is 21.5 Å². The van der Waals surface area contributed by atoms with E-state index in [4.69, 9.17) is 0 Å². The number of aryl methyl sites for hydroxylation is 1. The van der Waals surface area contributed by atoms with Crippen LogP contribution in [0.25, 0.3) is 0 Å². The first-order chi connectivity index (χ1) is 14.1. The van der Waals surface area contributed by atoms with Gasteiger partial charge < -0.3 is 5.32 Å². The minimum Gasteiger partial charge on any atom is -0.317 e. The van der Waals surface area contributed by atoms with Crippen LogP contribution in [-0.2, 0) is 17.6 Å². The Morgan fingerprint density at radius 3 is 2.86 bits per heavy atom. The maximum atomic E-state index is 12.4. The summed E-state index contributed by atoms with van der Waals surface area (Å²) in [6.07, 6.45) is 3.23. The Labute approximate surface area is 182 Å². The van der Waals surface area contributed by atoms with Crippen molar-refractivity contribution in [1.29, 1.82) is 5.26 Å². The van der Waals surface area contributed by atoms with E-state index in [9.17, 15) is 10.1 Å². The van der Waals surface area contributed by atoms with E-state index in [0.29, 0.717) is 28.7 Å². The van der Waals surface area contributed by atoms with Gasteiger partial charge in [0, 0.05) is 17.1 Å². The molecule has 1 aliphatic rings. The van der Waals surface area contributed by atoms with Crippen molar-refractivity contribution in [2.45, 2.75) is 42.9 Å². The van der Waals surface area contributed by atoms with E-state index in [1.807, 2.05) is 13.0 Å². The molecule has 2 aromatic heterocycles. The highest BCUT2D eigenvalue weighted by atomic mass is 32.2. The van der Waals surface area contributed by atoms with Crippen LogP contribution in [-0.4, -0.2) is 21.9 Å². The number of carbonyl (C=O) groups excluding carboxylic acids is 1. The molecule has 1 unspecified atom stereocenters. The molecule has 0 saturated heterocycles. The van der Waals surface area contributed by atoms with Gasteiger partial charge in [-0.1, -0.05) is 53.4 Å². The lowest BCUT2D eigenvalue weighted by Crippen LogP contribution is -2.12. The smallest absolute Gasteiger partial charge is 0.225 e. The lowest BCUT2D eigenvalue weighted by atomic mass is 9.83. The van der Waals surface area contributed by atoms with Crippen LogP contribution in [0.2, 0.25) is 0 Å². The van der Waals surface area contributed by atoms with E-state index in [-0.39, 0.29) is 5.91 Å². The van der Waals surface area contributed by atoms with Gasteiger partial charge in [0.05, 0.1) is 5.56 Å². The third kappa shape index (κ3) is 4.69. The molecule has 1 N–H and O–H groups in total. The molecule has 0 spiro atoms. The summed E-state index contributed by atoms with van der Waals surface area (Å²) in [6.45, 7) is 1.92. The molecule has 2 heterocycles. The second-order valence-electron chi connectivity index (χ2n) is 6.90. The Morgan fingerprint density at radius 1 is 1.31 bits per heavy atom. The third-order valence-corrected chi connectivity index (χ3v) is 8.11. The number of carbonyl (C=O) groups is 1. The molecule has 148 valence electrons. The number of thiophene rings is 1. The number of anilines is 1. The molecule has 8 heteroatoms. The maximum absolute atomic E-state index is 12.4. The number of thioether (sulfide) groups is 1. The van der Waals surface area contributed by atoms with E-state index in [1.54, 1.807) is 11.3 Å². The minimum atomic E-state index is -0.0616. The number of nitrogens with zero attached hydrogens (tertiary/aromatic N) is 3. The number of hydrogen-bond acceptors (Lipinski definition) is 7. The van der Waals surface area contributed by atoms with Crippen molar-refractivity contribution in [3.63, 3.8) is 0 Å². The van der Waals surface area contributed by atoms with Gasteiger partial charge >= 0.3 is 0 Å². The monoisotopic (exact) mass is 440 g/mol. The van der Waals surface area contributed by atoms with E-state index in [1.165, 1.54) is 33.5 Å². The molecule has 1 aromatic carbocycles. The molecule has 3 aromatic rings. The maximum Gasteiger partial charge on any atom is 0.225 e. The molecule has 0 aliphatic heterocycles. The predicted molar refractivity (Wildman–Crippen MR) is 119 cm³/mol. The first-order valence-corrected chi connectivity index (χ1v) is 12.1. The Morgan fingerprint density at radius 2 is 2.14 bits per heavy atom. The largest absolute Gasteiger partial charge is 0.317 e. The molecule has 1 aliphatic carbocycles. The number of amides is 1. The second-order valence-corrected chi connectivity index (χ2v) is 10.5. The lowest BCUT2D eigenvalue weighted by Gasteiger charge is -2.22. The molecule has 1 amide bonds. The van der Waals surface area contributed by atoms with Crippen molar-refractivity contribution in [1.82, 2.24) is 10.2 Å². The van der Waals surface area contributed by atoms with Crippen LogP contribution in [0.1, 0.15) is 45.3 Å². The van der Waals surface area contributed by atoms with Gasteiger partial charge in [0.1, 0.15) is 16.1 Å². The molecule has 29 heavy (non-hydrogen) atoms. The number of benzene rings is 1. The summed E-state index contributed by atoms with van der Waals surface area (Å²) in [7, 11) is 0. The van der Waals surface area contributed by atoms with Gasteiger partial charge in [-0.05, 0) is 43.2 Å². The van der Waals surface area contributed by atoms with Crippen LogP contribution in [0.4, 0.5) is 5.00 Å². The van der Waals surface area contributed by atoms with Gasteiger partial charge in [-0.2, -0.15) is 5.26 Å². The van der Waals surface area contributed by atoms with Crippen LogP contribution in [0.15, 0.2) is 34.7 Å². The van der Waals surface area contributed by atoms with Crippen molar-refractivity contribution in [3.8, 4) is 6.07 Å². The number of nitrogens with one attached hydrogen (secondary N) is 1. The van der Waals surface area contributed by atoms with Gasteiger partial charge in [0.25, 0.3) is 0 Å². The topological polar surface area (TPSA) is 78.7 Å². The first kappa shape index (κ1) is 20.1. The average Bonchev–Trinajstić information content (AvgIpc) is 3.30. The van der Waals surface area contributed by atoms with Crippen molar-refractivity contribution in [2.24, 2.45) is 0 Å². The zero-order chi connectivity index (χ0) is 20.2. The number of hydrogen-bond donors (Lipinski definition) is 1. The summed E-state index contributed by atoms with van der Waals surface area (Å²) in [5.74, 6) is 1.06. The third-order valence-electron chi connectivity index (χ3n) is 4.96. The highest BCUT2D eigenvalue weighted by Gasteiger charge is 2.27. The Bertz CT molecular complexity index is 1050. The molecule has 0 radical (unpaired) electrons. The molecule has 0 fully saturated rings. The molecule has 0 bridgehead atoms.